The fourth-order valence-electron chi connectivity index (χ4n) is 1.40. The van der Waals surface area contributed by atoms with E-state index in [1.54, 1.807) is 30.3 Å². The molecule has 2 rings (SSSR count). The van der Waals surface area contributed by atoms with Crippen LogP contribution in [0.2, 0.25) is 0 Å². The van der Waals surface area contributed by atoms with E-state index < -0.39 is 16.3 Å². The fraction of sp³-hybridized carbons (Fsp3) is 0.200. The molecule has 0 N–H and O–H groups in total. The minimum Gasteiger partial charge on any atom is -0.198 e. The minimum atomic E-state index is -3.08. The van der Waals surface area contributed by atoms with Crippen LogP contribution in [0, 0.1) is 0 Å². The summed E-state index contributed by atoms with van der Waals surface area (Å²) in [6.07, 6.45) is 0. The molecule has 4 heteroatoms. The molecule has 1 aromatic carbocycles. The van der Waals surface area contributed by atoms with Gasteiger partial charge < -0.3 is 0 Å². The molecule has 0 radical (unpaired) electrons. The maximum Gasteiger partial charge on any atom is 0.303 e. The third-order valence-corrected chi connectivity index (χ3v) is 3.13. The van der Waals surface area contributed by atoms with Gasteiger partial charge in [-0.3, -0.25) is 0 Å². The summed E-state index contributed by atoms with van der Waals surface area (Å²) in [7, 11) is 0. The number of hydrogen-bond acceptors (Lipinski definition) is 0. The van der Waals surface area contributed by atoms with E-state index in [0.29, 0.717) is 11.1 Å². The lowest BCUT2D eigenvalue weighted by molar-refractivity contribution is 0.0441. The summed E-state index contributed by atoms with van der Waals surface area (Å²) in [6.45, 7) is 0. The molecular weight excluding hydrogens is 229 g/mol. The van der Waals surface area contributed by atoms with Gasteiger partial charge in [-0.05, 0) is 5.56 Å². The first kappa shape index (κ1) is 9.94. The maximum absolute atomic E-state index is 12.9. The smallest absolute Gasteiger partial charge is 0.198 e. The Bertz CT molecular complexity index is 384. The first-order valence-electron chi connectivity index (χ1n) is 4.02. The highest BCUT2D eigenvalue weighted by Crippen LogP contribution is 2.53. The van der Waals surface area contributed by atoms with Crippen LogP contribution in [0.1, 0.15) is 5.56 Å². The van der Waals surface area contributed by atoms with E-state index in [9.17, 15) is 8.78 Å². The van der Waals surface area contributed by atoms with Gasteiger partial charge in [-0.2, -0.15) is 8.78 Å². The Morgan fingerprint density at radius 2 is 1.71 bits per heavy atom. The lowest BCUT2D eigenvalue weighted by atomic mass is 9.87. The average Bonchev–Trinajstić information content (AvgIpc) is 2.20. The molecule has 0 amide bonds. The SMILES string of the molecule is FC1(F)C(Cl)=C(c2ccccc2)C1Cl. The molecule has 0 saturated heterocycles. The maximum atomic E-state index is 12.9. The molecule has 1 atom stereocenters. The van der Waals surface area contributed by atoms with E-state index in [0.717, 1.165) is 0 Å². The predicted octanol–water partition coefficient (Wildman–Crippen LogP) is 3.89. The van der Waals surface area contributed by atoms with E-state index in [1.807, 2.05) is 0 Å². The predicted molar refractivity (Wildman–Crippen MR) is 53.8 cm³/mol. The molecule has 0 aromatic heterocycles. The number of halogens is 4. The van der Waals surface area contributed by atoms with Gasteiger partial charge in [0, 0.05) is 5.57 Å². The lowest BCUT2D eigenvalue weighted by Crippen LogP contribution is -2.40. The normalized spacial score (nSPS) is 24.7. The Morgan fingerprint density at radius 3 is 2.21 bits per heavy atom. The largest absolute Gasteiger partial charge is 0.303 e. The van der Waals surface area contributed by atoms with Crippen molar-refractivity contribution in [3.8, 4) is 0 Å². The van der Waals surface area contributed by atoms with Crippen LogP contribution in [0.15, 0.2) is 35.4 Å². The van der Waals surface area contributed by atoms with Crippen LogP contribution < -0.4 is 0 Å². The van der Waals surface area contributed by atoms with Crippen molar-refractivity contribution in [3.05, 3.63) is 40.9 Å². The second-order valence-electron chi connectivity index (χ2n) is 3.08. The molecule has 14 heavy (non-hydrogen) atoms. The summed E-state index contributed by atoms with van der Waals surface area (Å²) in [6, 6.07) is 8.74. The quantitative estimate of drug-likeness (QED) is 0.647. The monoisotopic (exact) mass is 234 g/mol. The van der Waals surface area contributed by atoms with Gasteiger partial charge in [-0.1, -0.05) is 41.9 Å². The molecule has 74 valence electrons. The van der Waals surface area contributed by atoms with Crippen LogP contribution in [-0.4, -0.2) is 11.3 Å². The van der Waals surface area contributed by atoms with E-state index in [4.69, 9.17) is 23.2 Å². The van der Waals surface area contributed by atoms with Crippen molar-refractivity contribution in [2.24, 2.45) is 0 Å². The first-order chi connectivity index (χ1) is 6.55. The number of allylic oxidation sites excluding steroid dienone is 2. The topological polar surface area (TPSA) is 0 Å². The lowest BCUT2D eigenvalue weighted by Gasteiger charge is -2.34. The minimum absolute atomic E-state index is 0.332. The number of alkyl halides is 3. The molecule has 0 nitrogen and oxygen atoms in total. The van der Waals surface area contributed by atoms with Gasteiger partial charge in [0.25, 0.3) is 0 Å². The summed E-state index contributed by atoms with van der Waals surface area (Å²) in [5.41, 5.74) is 0.988. The summed E-state index contributed by atoms with van der Waals surface area (Å²) in [5.74, 6) is -3.08. The second-order valence-corrected chi connectivity index (χ2v) is 3.89. The zero-order valence-electron chi connectivity index (χ0n) is 6.98. The van der Waals surface area contributed by atoms with Crippen molar-refractivity contribution in [1.82, 2.24) is 0 Å². The molecule has 1 aromatic rings. The second kappa shape index (κ2) is 3.21. The third-order valence-electron chi connectivity index (χ3n) is 2.19. The van der Waals surface area contributed by atoms with E-state index in [1.165, 1.54) is 0 Å². The van der Waals surface area contributed by atoms with Crippen molar-refractivity contribution in [2.75, 3.05) is 0 Å². The Balaban J connectivity index is 2.45. The van der Waals surface area contributed by atoms with Gasteiger partial charge in [-0.25, -0.2) is 0 Å². The van der Waals surface area contributed by atoms with Crippen LogP contribution in [-0.2, 0) is 0 Å². The van der Waals surface area contributed by atoms with Crippen LogP contribution in [0.4, 0.5) is 8.78 Å². The Kier molecular flexibility index (Phi) is 2.28. The van der Waals surface area contributed by atoms with Crippen LogP contribution >= 0.6 is 23.2 Å². The molecule has 0 fully saturated rings. The Labute approximate surface area is 90.1 Å². The highest BCUT2D eigenvalue weighted by atomic mass is 35.5. The highest BCUT2D eigenvalue weighted by Gasteiger charge is 2.55. The molecule has 1 aliphatic carbocycles. The van der Waals surface area contributed by atoms with Crippen LogP contribution in [0.5, 0.6) is 0 Å². The molecular formula is C10H6Cl2F2. The van der Waals surface area contributed by atoms with E-state index >= 15 is 0 Å². The van der Waals surface area contributed by atoms with Crippen molar-refractivity contribution >= 4 is 28.8 Å². The van der Waals surface area contributed by atoms with Gasteiger partial charge in [0.05, 0.1) is 5.03 Å². The number of rotatable bonds is 1. The zero-order valence-corrected chi connectivity index (χ0v) is 8.49. The van der Waals surface area contributed by atoms with Crippen LogP contribution in [0.3, 0.4) is 0 Å². The highest BCUT2D eigenvalue weighted by molar-refractivity contribution is 6.42. The van der Waals surface area contributed by atoms with Crippen molar-refractivity contribution < 1.29 is 8.78 Å². The fourth-order valence-corrected chi connectivity index (χ4v) is 2.18. The van der Waals surface area contributed by atoms with Gasteiger partial charge in [0.15, 0.2) is 0 Å². The summed E-state index contributed by atoms with van der Waals surface area (Å²) >= 11 is 11.0. The number of hydrogen-bond donors (Lipinski definition) is 0. The molecule has 0 aliphatic heterocycles. The third kappa shape index (κ3) is 1.25. The number of benzene rings is 1. The van der Waals surface area contributed by atoms with Gasteiger partial charge in [0.2, 0.25) is 0 Å². The Hall–Kier alpha value is -0.600. The summed E-state index contributed by atoms with van der Waals surface area (Å²) in [5, 5.41) is -1.75. The summed E-state index contributed by atoms with van der Waals surface area (Å²) in [4.78, 5) is 0. The van der Waals surface area contributed by atoms with Gasteiger partial charge in [-0.15, -0.1) is 11.6 Å². The van der Waals surface area contributed by atoms with Crippen LogP contribution in [0.25, 0.3) is 5.57 Å². The first-order valence-corrected chi connectivity index (χ1v) is 4.84. The Morgan fingerprint density at radius 1 is 1.14 bits per heavy atom. The van der Waals surface area contributed by atoms with Crippen molar-refractivity contribution in [1.29, 1.82) is 0 Å². The van der Waals surface area contributed by atoms with Crippen molar-refractivity contribution in [3.63, 3.8) is 0 Å². The summed E-state index contributed by atoms with van der Waals surface area (Å²) < 4.78 is 25.9. The standard InChI is InChI=1S/C10H6Cl2F2/c11-8-7(9(12)10(8,13)14)6-4-2-1-3-5-6/h1-5,8H. The molecule has 1 unspecified atom stereocenters. The van der Waals surface area contributed by atoms with Crippen molar-refractivity contribution in [2.45, 2.75) is 11.3 Å². The molecule has 0 spiro atoms. The van der Waals surface area contributed by atoms with Gasteiger partial charge >= 0.3 is 5.92 Å². The molecule has 0 heterocycles. The van der Waals surface area contributed by atoms with E-state index in [-0.39, 0.29) is 0 Å². The molecule has 0 bridgehead atoms. The van der Waals surface area contributed by atoms with E-state index in [2.05, 4.69) is 0 Å². The molecule has 1 aliphatic rings. The average molecular weight is 235 g/mol. The van der Waals surface area contributed by atoms with Gasteiger partial charge in [0.1, 0.15) is 5.38 Å². The molecule has 0 saturated carbocycles. The zero-order chi connectivity index (χ0) is 10.3.